The van der Waals surface area contributed by atoms with Gasteiger partial charge in [0.05, 0.1) is 0 Å². The number of hydrogen-bond donors (Lipinski definition) is 0. The van der Waals surface area contributed by atoms with Crippen LogP contribution in [0.15, 0.2) is 41.2 Å². The van der Waals surface area contributed by atoms with Gasteiger partial charge < -0.3 is 4.90 Å². The number of nitrogens with zero attached hydrogens (tertiary/aromatic N) is 3. The van der Waals surface area contributed by atoms with Gasteiger partial charge in [0.15, 0.2) is 0 Å². The molecule has 126 valence electrons. The third-order valence-corrected chi connectivity index (χ3v) is 4.48. The molecule has 1 saturated heterocycles. The highest BCUT2D eigenvalue weighted by atomic mass is 19.1. The van der Waals surface area contributed by atoms with Crippen molar-refractivity contribution in [3.05, 3.63) is 63.8 Å². The smallest absolute Gasteiger partial charge is 0.274 e. The first-order valence-corrected chi connectivity index (χ1v) is 8.13. The zero-order valence-electron chi connectivity index (χ0n) is 13.6. The van der Waals surface area contributed by atoms with E-state index in [0.29, 0.717) is 13.1 Å². The molecule has 0 spiro atoms. The van der Waals surface area contributed by atoms with Gasteiger partial charge in [-0.25, -0.2) is 9.07 Å². The first-order chi connectivity index (χ1) is 11.5. The van der Waals surface area contributed by atoms with E-state index in [9.17, 15) is 14.0 Å². The molecule has 1 atom stereocenters. The van der Waals surface area contributed by atoms with Gasteiger partial charge in [-0.15, -0.1) is 0 Å². The summed E-state index contributed by atoms with van der Waals surface area (Å²) in [6.45, 7) is 1.25. The molecule has 6 heteroatoms. The zero-order valence-corrected chi connectivity index (χ0v) is 13.6. The van der Waals surface area contributed by atoms with Crippen LogP contribution in [0.1, 0.15) is 41.2 Å². The third-order valence-electron chi connectivity index (χ3n) is 4.48. The lowest BCUT2D eigenvalue weighted by Crippen LogP contribution is -2.36. The number of halogens is 1. The normalized spacial score (nSPS) is 18.2. The summed E-state index contributed by atoms with van der Waals surface area (Å²) in [4.78, 5) is 26.0. The zero-order chi connectivity index (χ0) is 17.1. The number of hydrogen-bond acceptors (Lipinski definition) is 3. The van der Waals surface area contributed by atoms with Crippen LogP contribution >= 0.6 is 0 Å². The molecule has 0 bridgehead atoms. The molecule has 3 rings (SSSR count). The number of rotatable bonds is 2. The molecule has 0 radical (unpaired) electrons. The minimum absolute atomic E-state index is 0.167. The highest BCUT2D eigenvalue weighted by Crippen LogP contribution is 2.27. The Bertz CT molecular complexity index is 786. The lowest BCUT2D eigenvalue weighted by atomic mass is 9.94. The fraction of sp³-hybridized carbons (Fsp3) is 0.389. The van der Waals surface area contributed by atoms with E-state index in [0.717, 1.165) is 24.8 Å². The number of aryl methyl sites for hydroxylation is 1. The van der Waals surface area contributed by atoms with Crippen molar-refractivity contribution in [3.8, 4) is 0 Å². The van der Waals surface area contributed by atoms with E-state index in [2.05, 4.69) is 5.10 Å². The molecule has 1 fully saturated rings. The van der Waals surface area contributed by atoms with Gasteiger partial charge >= 0.3 is 0 Å². The van der Waals surface area contributed by atoms with Crippen LogP contribution in [0, 0.1) is 5.82 Å². The van der Waals surface area contributed by atoms with Crippen molar-refractivity contribution in [1.82, 2.24) is 14.7 Å². The van der Waals surface area contributed by atoms with Crippen molar-refractivity contribution < 1.29 is 9.18 Å². The molecular weight excluding hydrogens is 309 g/mol. The van der Waals surface area contributed by atoms with Gasteiger partial charge in [0.1, 0.15) is 11.5 Å². The Morgan fingerprint density at radius 1 is 1.17 bits per heavy atom. The molecule has 0 aliphatic carbocycles. The third kappa shape index (κ3) is 3.53. The average Bonchev–Trinajstić information content (AvgIpc) is 2.83. The van der Waals surface area contributed by atoms with Gasteiger partial charge in [0.25, 0.3) is 11.5 Å². The first kappa shape index (κ1) is 16.4. The quantitative estimate of drug-likeness (QED) is 0.850. The maximum Gasteiger partial charge on any atom is 0.274 e. The van der Waals surface area contributed by atoms with Gasteiger partial charge in [0.2, 0.25) is 0 Å². The van der Waals surface area contributed by atoms with Crippen LogP contribution in [-0.4, -0.2) is 33.7 Å². The molecule has 24 heavy (non-hydrogen) atoms. The van der Waals surface area contributed by atoms with Crippen molar-refractivity contribution in [1.29, 1.82) is 0 Å². The van der Waals surface area contributed by atoms with Crippen LogP contribution in [0.4, 0.5) is 4.39 Å². The van der Waals surface area contributed by atoms with Crippen LogP contribution in [-0.2, 0) is 7.05 Å². The lowest BCUT2D eigenvalue weighted by Gasteiger charge is -2.24. The fourth-order valence-electron chi connectivity index (χ4n) is 3.11. The molecule has 1 aliphatic rings. The molecule has 2 aromatic rings. The summed E-state index contributed by atoms with van der Waals surface area (Å²) in [5.74, 6) is -0.237. The molecule has 0 saturated carbocycles. The van der Waals surface area contributed by atoms with Crippen molar-refractivity contribution in [2.24, 2.45) is 7.05 Å². The summed E-state index contributed by atoms with van der Waals surface area (Å²) in [6, 6.07) is 9.33. The Morgan fingerprint density at radius 2 is 1.92 bits per heavy atom. The van der Waals surface area contributed by atoms with Crippen LogP contribution in [0.3, 0.4) is 0 Å². The van der Waals surface area contributed by atoms with Crippen LogP contribution in [0.25, 0.3) is 0 Å². The van der Waals surface area contributed by atoms with E-state index in [1.807, 2.05) is 0 Å². The molecular formula is C18H20FN3O2. The highest BCUT2D eigenvalue weighted by molar-refractivity contribution is 5.92. The molecule has 1 aromatic heterocycles. The molecule has 5 nitrogen and oxygen atoms in total. The van der Waals surface area contributed by atoms with Gasteiger partial charge in [0, 0.05) is 32.1 Å². The number of likely N-dealkylation sites (tertiary alicyclic amines) is 1. The van der Waals surface area contributed by atoms with E-state index in [1.54, 1.807) is 17.0 Å². The SMILES string of the molecule is Cn1nc(C(=O)N2CCCCC(c3ccc(F)cc3)C2)ccc1=O. The Kier molecular flexibility index (Phi) is 4.74. The van der Waals surface area contributed by atoms with E-state index < -0.39 is 0 Å². The van der Waals surface area contributed by atoms with E-state index in [1.165, 1.54) is 36.0 Å². The minimum Gasteiger partial charge on any atom is -0.337 e. The molecule has 1 unspecified atom stereocenters. The summed E-state index contributed by atoms with van der Waals surface area (Å²) in [6.07, 6.45) is 2.91. The van der Waals surface area contributed by atoms with Crippen LogP contribution < -0.4 is 5.56 Å². The molecule has 2 heterocycles. The summed E-state index contributed by atoms with van der Waals surface area (Å²) in [5, 5.41) is 4.05. The van der Waals surface area contributed by atoms with Crippen molar-refractivity contribution in [2.75, 3.05) is 13.1 Å². The molecule has 1 aliphatic heterocycles. The summed E-state index contributed by atoms with van der Waals surface area (Å²) in [5.41, 5.74) is 1.08. The van der Waals surface area contributed by atoms with Gasteiger partial charge in [-0.1, -0.05) is 18.6 Å². The standard InChI is InChI=1S/C18H20FN3O2/c1-21-17(23)10-9-16(20-21)18(24)22-11-3-2-4-14(12-22)13-5-7-15(19)8-6-13/h5-10,14H,2-4,11-12H2,1H3. The van der Waals surface area contributed by atoms with Crippen LogP contribution in [0.2, 0.25) is 0 Å². The van der Waals surface area contributed by atoms with Gasteiger partial charge in [-0.2, -0.15) is 5.10 Å². The van der Waals surface area contributed by atoms with Crippen LogP contribution in [0.5, 0.6) is 0 Å². The number of carbonyl (C=O) groups excluding carboxylic acids is 1. The molecule has 1 aromatic carbocycles. The Hall–Kier alpha value is -2.50. The lowest BCUT2D eigenvalue weighted by molar-refractivity contribution is 0.0746. The Morgan fingerprint density at radius 3 is 2.62 bits per heavy atom. The Labute approximate surface area is 139 Å². The molecule has 1 amide bonds. The summed E-state index contributed by atoms with van der Waals surface area (Å²) in [7, 11) is 1.53. The molecule has 0 N–H and O–H groups in total. The summed E-state index contributed by atoms with van der Waals surface area (Å²) >= 11 is 0. The minimum atomic E-state index is -0.255. The van der Waals surface area contributed by atoms with Gasteiger partial charge in [-0.05, 0) is 36.6 Å². The maximum absolute atomic E-state index is 13.1. The summed E-state index contributed by atoms with van der Waals surface area (Å²) < 4.78 is 14.3. The topological polar surface area (TPSA) is 55.2 Å². The van der Waals surface area contributed by atoms with Gasteiger partial charge in [-0.3, -0.25) is 9.59 Å². The van der Waals surface area contributed by atoms with Crippen molar-refractivity contribution in [2.45, 2.75) is 25.2 Å². The average molecular weight is 329 g/mol. The first-order valence-electron chi connectivity index (χ1n) is 8.13. The van der Waals surface area contributed by atoms with Crippen molar-refractivity contribution >= 4 is 5.91 Å². The number of aromatic nitrogens is 2. The largest absolute Gasteiger partial charge is 0.337 e. The number of carbonyl (C=O) groups is 1. The van der Waals surface area contributed by atoms with E-state index in [4.69, 9.17) is 0 Å². The van der Waals surface area contributed by atoms with E-state index >= 15 is 0 Å². The second-order valence-electron chi connectivity index (χ2n) is 6.18. The maximum atomic E-state index is 13.1. The predicted molar refractivity (Wildman–Crippen MR) is 88.4 cm³/mol. The predicted octanol–water partition coefficient (Wildman–Crippen LogP) is 2.33. The number of benzene rings is 1. The van der Waals surface area contributed by atoms with Crippen molar-refractivity contribution in [3.63, 3.8) is 0 Å². The second-order valence-corrected chi connectivity index (χ2v) is 6.18. The highest BCUT2D eigenvalue weighted by Gasteiger charge is 2.25. The monoisotopic (exact) mass is 329 g/mol. The van der Waals surface area contributed by atoms with E-state index in [-0.39, 0.29) is 28.9 Å². The second kappa shape index (κ2) is 6.95. The Balaban J connectivity index is 1.81. The fourth-order valence-corrected chi connectivity index (χ4v) is 3.11. The number of amides is 1.